The predicted octanol–water partition coefficient (Wildman–Crippen LogP) is 3.04. The summed E-state index contributed by atoms with van der Waals surface area (Å²) in [4.78, 5) is 0. The van der Waals surface area contributed by atoms with Gasteiger partial charge in [-0.3, -0.25) is 0 Å². The van der Waals surface area contributed by atoms with Gasteiger partial charge in [0.15, 0.2) is 6.07 Å². The molecule has 64 valence electrons. The molecule has 0 saturated heterocycles. The number of nitrogens with zero attached hydrogens (tertiary/aromatic N) is 1. The topological polar surface area (TPSA) is 23.8 Å². The average Bonchev–Trinajstić information content (AvgIpc) is 2.10. The Morgan fingerprint density at radius 3 is 2.75 bits per heavy atom. The Morgan fingerprint density at radius 1 is 1.25 bits per heavy atom. The van der Waals surface area contributed by atoms with Crippen LogP contribution in [0.3, 0.4) is 0 Å². The maximum Gasteiger partial charge on any atom is 0.152 e. The first-order valence-electron chi connectivity index (χ1n) is 4.46. The van der Waals surface area contributed by atoms with E-state index < -0.39 is 0 Å². The summed E-state index contributed by atoms with van der Waals surface area (Å²) in [5.41, 5.74) is 0. The van der Waals surface area contributed by atoms with Crippen LogP contribution in [0.5, 0.6) is 0 Å². The zero-order chi connectivity index (χ0) is 9.07. The molecule has 0 aromatic heterocycles. The van der Waals surface area contributed by atoms with Crippen molar-refractivity contribution in [1.29, 1.82) is 5.26 Å². The third-order valence-electron chi connectivity index (χ3n) is 1.55. The van der Waals surface area contributed by atoms with Gasteiger partial charge >= 0.3 is 0 Å². The Hall–Kier alpha value is -1.21. The van der Waals surface area contributed by atoms with Gasteiger partial charge in [-0.05, 0) is 18.9 Å². The van der Waals surface area contributed by atoms with E-state index in [1.165, 1.54) is 25.7 Å². The molecule has 0 rings (SSSR count). The first-order valence-corrected chi connectivity index (χ1v) is 4.46. The maximum atomic E-state index is 8.08. The Bertz CT molecular complexity index is 209. The molecule has 0 bridgehead atoms. The summed E-state index contributed by atoms with van der Waals surface area (Å²) in [6, 6.07) is 1.77. The molecule has 0 heterocycles. The minimum Gasteiger partial charge on any atom is -0.183 e. The third-order valence-corrected chi connectivity index (χ3v) is 1.55. The molecule has 0 radical (unpaired) electrons. The van der Waals surface area contributed by atoms with Crippen molar-refractivity contribution in [3.8, 4) is 17.9 Å². The molecule has 0 aliphatic carbocycles. The molecule has 0 aliphatic heterocycles. The van der Waals surface area contributed by atoms with Gasteiger partial charge in [-0.25, -0.2) is 0 Å². The summed E-state index contributed by atoms with van der Waals surface area (Å²) in [6.45, 7) is 2.20. The van der Waals surface area contributed by atoms with Gasteiger partial charge in [0, 0.05) is 5.92 Å². The fourth-order valence-corrected chi connectivity index (χ4v) is 0.905. The fourth-order valence-electron chi connectivity index (χ4n) is 0.905. The number of nitriles is 1. The van der Waals surface area contributed by atoms with Crippen LogP contribution in [0.4, 0.5) is 0 Å². The highest BCUT2D eigenvalue weighted by Crippen LogP contribution is 2.02. The highest BCUT2D eigenvalue weighted by Gasteiger charge is 1.82. The molecule has 0 amide bonds. The van der Waals surface area contributed by atoms with E-state index in [-0.39, 0.29) is 0 Å². The predicted molar refractivity (Wildman–Crippen MR) is 51.3 cm³/mol. The Kier molecular flexibility index (Phi) is 8.80. The lowest BCUT2D eigenvalue weighted by Crippen LogP contribution is -1.72. The molecule has 0 atom stereocenters. The summed E-state index contributed by atoms with van der Waals surface area (Å²) in [6.07, 6.45) is 10.00. The molecule has 1 heteroatoms. The highest BCUT2D eigenvalue weighted by molar-refractivity contribution is 5.24. The smallest absolute Gasteiger partial charge is 0.152 e. The molecule has 0 saturated carbocycles. The summed E-state index contributed by atoms with van der Waals surface area (Å²) >= 11 is 0. The van der Waals surface area contributed by atoms with Gasteiger partial charge in [-0.1, -0.05) is 38.2 Å². The Morgan fingerprint density at radius 2 is 2.08 bits per heavy atom. The number of allylic oxidation sites excluding steroid dienone is 2. The first-order chi connectivity index (χ1) is 5.91. The van der Waals surface area contributed by atoms with E-state index >= 15 is 0 Å². The standard InChI is InChI=1S/C11H15N/c1-2-3-4-5-6-7-8-9-10-11-12/h7-8H,2-6H2,1H3/b8-7+. The molecule has 0 fully saturated rings. The lowest BCUT2D eigenvalue weighted by Gasteiger charge is -1.92. The third kappa shape index (κ3) is 8.79. The van der Waals surface area contributed by atoms with Crippen molar-refractivity contribution in [1.82, 2.24) is 0 Å². The number of hydrogen-bond donors (Lipinski definition) is 0. The number of rotatable bonds is 5. The Labute approximate surface area is 75.1 Å². The molecule has 0 aromatic carbocycles. The van der Waals surface area contributed by atoms with E-state index in [4.69, 9.17) is 5.26 Å². The van der Waals surface area contributed by atoms with Gasteiger partial charge < -0.3 is 0 Å². The lowest BCUT2D eigenvalue weighted by atomic mass is 10.1. The quantitative estimate of drug-likeness (QED) is 0.449. The minimum atomic E-state index is 1.08. The monoisotopic (exact) mass is 161 g/mol. The van der Waals surface area contributed by atoms with E-state index in [9.17, 15) is 0 Å². The number of unbranched alkanes of at least 4 members (excludes halogenated alkanes) is 4. The van der Waals surface area contributed by atoms with Crippen LogP contribution in [-0.4, -0.2) is 0 Å². The summed E-state index contributed by atoms with van der Waals surface area (Å²) < 4.78 is 0. The molecule has 1 nitrogen and oxygen atoms in total. The van der Waals surface area contributed by atoms with E-state index in [1.807, 2.05) is 6.08 Å². The molecular formula is C11H15N. The maximum absolute atomic E-state index is 8.08. The van der Waals surface area contributed by atoms with Gasteiger partial charge in [-0.15, -0.1) is 0 Å². The van der Waals surface area contributed by atoms with Gasteiger partial charge in [0.25, 0.3) is 0 Å². The van der Waals surface area contributed by atoms with Gasteiger partial charge in [0.2, 0.25) is 0 Å². The SMILES string of the molecule is CCCCCC/C=C/C#CC#N. The summed E-state index contributed by atoms with van der Waals surface area (Å²) in [7, 11) is 0. The van der Waals surface area contributed by atoms with Crippen molar-refractivity contribution >= 4 is 0 Å². The second kappa shape index (κ2) is 9.79. The van der Waals surface area contributed by atoms with Crippen LogP contribution >= 0.6 is 0 Å². The molecule has 0 aliphatic rings. The van der Waals surface area contributed by atoms with E-state index in [2.05, 4.69) is 18.8 Å². The number of hydrogen-bond acceptors (Lipinski definition) is 1. The lowest BCUT2D eigenvalue weighted by molar-refractivity contribution is 0.674. The summed E-state index contributed by atoms with van der Waals surface area (Å²) in [5.74, 6) is 4.95. The van der Waals surface area contributed by atoms with Crippen molar-refractivity contribution in [3.05, 3.63) is 12.2 Å². The van der Waals surface area contributed by atoms with Crippen molar-refractivity contribution in [2.75, 3.05) is 0 Å². The Balaban J connectivity index is 3.20. The fraction of sp³-hybridized carbons (Fsp3) is 0.545. The van der Waals surface area contributed by atoms with Crippen LogP contribution < -0.4 is 0 Å². The van der Waals surface area contributed by atoms with E-state index in [0.717, 1.165) is 6.42 Å². The van der Waals surface area contributed by atoms with Crippen molar-refractivity contribution in [3.63, 3.8) is 0 Å². The first kappa shape index (κ1) is 10.8. The highest BCUT2D eigenvalue weighted by atomic mass is 14.2. The second-order valence-corrected chi connectivity index (χ2v) is 2.63. The zero-order valence-electron chi connectivity index (χ0n) is 7.64. The normalized spacial score (nSPS) is 9.00. The minimum absolute atomic E-state index is 1.08. The van der Waals surface area contributed by atoms with Gasteiger partial charge in [0.1, 0.15) is 0 Å². The van der Waals surface area contributed by atoms with Crippen LogP contribution in [0.15, 0.2) is 12.2 Å². The summed E-state index contributed by atoms with van der Waals surface area (Å²) in [5, 5.41) is 8.08. The van der Waals surface area contributed by atoms with Crippen molar-refractivity contribution < 1.29 is 0 Å². The average molecular weight is 161 g/mol. The molecule has 0 unspecified atom stereocenters. The van der Waals surface area contributed by atoms with Gasteiger partial charge in [0.05, 0.1) is 0 Å². The van der Waals surface area contributed by atoms with Crippen molar-refractivity contribution in [2.24, 2.45) is 0 Å². The van der Waals surface area contributed by atoms with E-state index in [0.29, 0.717) is 0 Å². The van der Waals surface area contributed by atoms with Crippen LogP contribution in [0.1, 0.15) is 39.0 Å². The van der Waals surface area contributed by atoms with E-state index in [1.54, 1.807) is 12.1 Å². The van der Waals surface area contributed by atoms with Crippen LogP contribution in [0.25, 0.3) is 0 Å². The molecule has 0 spiro atoms. The molecule has 12 heavy (non-hydrogen) atoms. The van der Waals surface area contributed by atoms with Crippen LogP contribution in [0.2, 0.25) is 0 Å². The van der Waals surface area contributed by atoms with Crippen LogP contribution in [0, 0.1) is 23.2 Å². The largest absolute Gasteiger partial charge is 0.183 e. The zero-order valence-corrected chi connectivity index (χ0v) is 7.64. The molecule has 0 N–H and O–H groups in total. The second-order valence-electron chi connectivity index (χ2n) is 2.63. The van der Waals surface area contributed by atoms with Crippen LogP contribution in [-0.2, 0) is 0 Å². The molecular weight excluding hydrogens is 146 g/mol. The van der Waals surface area contributed by atoms with Gasteiger partial charge in [-0.2, -0.15) is 5.26 Å². The van der Waals surface area contributed by atoms with Crippen molar-refractivity contribution in [2.45, 2.75) is 39.0 Å². The molecule has 0 aromatic rings.